The van der Waals surface area contributed by atoms with E-state index in [2.05, 4.69) is 15.3 Å². The number of thiazole rings is 1. The molecule has 18 heavy (non-hydrogen) atoms. The third-order valence-electron chi connectivity index (χ3n) is 1.98. The van der Waals surface area contributed by atoms with E-state index in [0.717, 1.165) is 6.08 Å². The Kier molecular flexibility index (Phi) is 3.54. The Morgan fingerprint density at radius 2 is 2.33 bits per heavy atom. The zero-order chi connectivity index (χ0) is 13.0. The Morgan fingerprint density at radius 3 is 3.00 bits per heavy atom. The predicted molar refractivity (Wildman–Crippen MR) is 67.5 cm³/mol. The number of carboxylic acid groups (broad SMARTS) is 1. The molecule has 92 valence electrons. The minimum atomic E-state index is -1.03. The molecule has 0 aromatic carbocycles. The van der Waals surface area contributed by atoms with Crippen LogP contribution in [0.3, 0.4) is 0 Å². The lowest BCUT2D eigenvalue weighted by Gasteiger charge is -1.97. The van der Waals surface area contributed by atoms with Gasteiger partial charge in [-0.1, -0.05) is 11.3 Å². The minimum Gasteiger partial charge on any atom is -0.478 e. The Morgan fingerprint density at radius 1 is 1.50 bits per heavy atom. The fraction of sp³-hybridized carbons (Fsp3) is 0. The first kappa shape index (κ1) is 12.1. The van der Waals surface area contributed by atoms with Crippen LogP contribution in [-0.2, 0) is 4.79 Å². The van der Waals surface area contributed by atoms with Crippen LogP contribution in [0.2, 0.25) is 0 Å². The van der Waals surface area contributed by atoms with E-state index in [-0.39, 0.29) is 5.91 Å². The molecule has 0 fully saturated rings. The van der Waals surface area contributed by atoms with Gasteiger partial charge < -0.3 is 10.1 Å². The van der Waals surface area contributed by atoms with Crippen LogP contribution in [-0.4, -0.2) is 27.0 Å². The molecule has 0 atom stereocenters. The molecule has 2 heterocycles. The van der Waals surface area contributed by atoms with Gasteiger partial charge in [-0.05, 0) is 18.2 Å². The van der Waals surface area contributed by atoms with Crippen molar-refractivity contribution >= 4 is 34.4 Å². The lowest BCUT2D eigenvalue weighted by molar-refractivity contribution is -0.131. The molecule has 2 aromatic rings. The Balaban J connectivity index is 2.03. The van der Waals surface area contributed by atoms with Crippen LogP contribution >= 0.6 is 11.3 Å². The summed E-state index contributed by atoms with van der Waals surface area (Å²) < 4.78 is 0. The second kappa shape index (κ2) is 5.28. The van der Waals surface area contributed by atoms with E-state index in [4.69, 9.17) is 5.11 Å². The van der Waals surface area contributed by atoms with Crippen molar-refractivity contribution < 1.29 is 14.7 Å². The molecular weight excluding hydrogens is 254 g/mol. The molecule has 0 saturated heterocycles. The van der Waals surface area contributed by atoms with E-state index in [1.165, 1.54) is 23.6 Å². The van der Waals surface area contributed by atoms with Gasteiger partial charge in [0.1, 0.15) is 5.69 Å². The average Bonchev–Trinajstić information content (AvgIpc) is 2.97. The van der Waals surface area contributed by atoms with Crippen LogP contribution in [0.1, 0.15) is 15.4 Å². The summed E-state index contributed by atoms with van der Waals surface area (Å²) in [5.74, 6) is -1.32. The summed E-state index contributed by atoms with van der Waals surface area (Å²) in [6.45, 7) is 0. The van der Waals surface area contributed by atoms with Crippen molar-refractivity contribution in [3.8, 4) is 0 Å². The normalized spacial score (nSPS) is 10.7. The summed E-state index contributed by atoms with van der Waals surface area (Å²) in [6, 6.07) is 3.37. The number of aromatic amines is 1. The largest absolute Gasteiger partial charge is 0.478 e. The number of amides is 1. The molecule has 0 aliphatic heterocycles. The van der Waals surface area contributed by atoms with Crippen LogP contribution < -0.4 is 5.32 Å². The topological polar surface area (TPSA) is 95.1 Å². The average molecular weight is 263 g/mol. The van der Waals surface area contributed by atoms with Crippen LogP contribution in [0.5, 0.6) is 0 Å². The van der Waals surface area contributed by atoms with Crippen LogP contribution in [0.4, 0.5) is 5.13 Å². The SMILES string of the molecule is O=C(O)/C=C/c1cnc(NC(=O)c2ccc[nH]2)s1. The van der Waals surface area contributed by atoms with E-state index in [1.54, 1.807) is 18.3 Å². The highest BCUT2D eigenvalue weighted by molar-refractivity contribution is 7.16. The van der Waals surface area contributed by atoms with Gasteiger partial charge >= 0.3 is 5.97 Å². The van der Waals surface area contributed by atoms with Gasteiger partial charge in [-0.25, -0.2) is 9.78 Å². The van der Waals surface area contributed by atoms with Gasteiger partial charge in [0.05, 0.1) is 0 Å². The first-order valence-corrected chi connectivity index (χ1v) is 5.78. The number of anilines is 1. The zero-order valence-electron chi connectivity index (χ0n) is 9.08. The highest BCUT2D eigenvalue weighted by Crippen LogP contribution is 2.19. The molecule has 6 nitrogen and oxygen atoms in total. The van der Waals surface area contributed by atoms with Gasteiger partial charge in [0.25, 0.3) is 5.91 Å². The quantitative estimate of drug-likeness (QED) is 0.733. The third-order valence-corrected chi connectivity index (χ3v) is 2.85. The number of nitrogens with one attached hydrogen (secondary N) is 2. The maximum absolute atomic E-state index is 11.7. The number of nitrogens with zero attached hydrogens (tertiary/aromatic N) is 1. The second-order valence-corrected chi connectivity index (χ2v) is 4.34. The van der Waals surface area contributed by atoms with E-state index < -0.39 is 5.97 Å². The maximum atomic E-state index is 11.7. The lowest BCUT2D eigenvalue weighted by atomic mass is 10.4. The minimum absolute atomic E-state index is 0.289. The van der Waals surface area contributed by atoms with Crippen molar-refractivity contribution in [2.75, 3.05) is 5.32 Å². The number of hydrogen-bond donors (Lipinski definition) is 3. The molecule has 0 unspecified atom stereocenters. The molecule has 7 heteroatoms. The van der Waals surface area contributed by atoms with Gasteiger partial charge in [0, 0.05) is 23.3 Å². The number of H-pyrrole nitrogens is 1. The number of rotatable bonds is 4. The van der Waals surface area contributed by atoms with Crippen molar-refractivity contribution in [1.82, 2.24) is 9.97 Å². The zero-order valence-corrected chi connectivity index (χ0v) is 9.90. The van der Waals surface area contributed by atoms with Crippen molar-refractivity contribution in [2.24, 2.45) is 0 Å². The fourth-order valence-electron chi connectivity index (χ4n) is 1.21. The smallest absolute Gasteiger partial charge is 0.328 e. The third kappa shape index (κ3) is 3.05. The van der Waals surface area contributed by atoms with E-state index in [9.17, 15) is 9.59 Å². The number of hydrogen-bond acceptors (Lipinski definition) is 4. The standard InChI is InChI=1S/C11H9N3O3S/c15-9(16)4-3-7-6-13-11(18-7)14-10(17)8-2-1-5-12-8/h1-6,12H,(H,15,16)(H,13,14,17)/b4-3+. The molecule has 1 amide bonds. The Labute approximate surface area is 106 Å². The highest BCUT2D eigenvalue weighted by atomic mass is 32.1. The summed E-state index contributed by atoms with van der Waals surface area (Å²) in [6.07, 6.45) is 5.58. The van der Waals surface area contributed by atoms with E-state index >= 15 is 0 Å². The molecule has 0 bridgehead atoms. The Bertz CT molecular complexity index is 586. The highest BCUT2D eigenvalue weighted by Gasteiger charge is 2.08. The number of aliphatic carboxylic acids is 1. The molecule has 0 aliphatic carbocycles. The molecule has 2 aromatic heterocycles. The summed E-state index contributed by atoms with van der Waals surface area (Å²) in [5.41, 5.74) is 0.438. The summed E-state index contributed by atoms with van der Waals surface area (Å²) in [4.78, 5) is 29.4. The summed E-state index contributed by atoms with van der Waals surface area (Å²) in [7, 11) is 0. The van der Waals surface area contributed by atoms with Crippen LogP contribution in [0, 0.1) is 0 Å². The van der Waals surface area contributed by atoms with Gasteiger partial charge in [0.2, 0.25) is 0 Å². The second-order valence-electron chi connectivity index (χ2n) is 3.28. The molecule has 0 radical (unpaired) electrons. The fourth-order valence-corrected chi connectivity index (χ4v) is 1.92. The molecule has 3 N–H and O–H groups in total. The van der Waals surface area contributed by atoms with Crippen LogP contribution in [0.25, 0.3) is 6.08 Å². The lowest BCUT2D eigenvalue weighted by Crippen LogP contribution is -2.11. The number of aromatic nitrogens is 2. The van der Waals surface area contributed by atoms with Gasteiger partial charge in [0.15, 0.2) is 5.13 Å². The predicted octanol–water partition coefficient (Wildman–Crippen LogP) is 1.82. The van der Waals surface area contributed by atoms with Crippen molar-refractivity contribution in [2.45, 2.75) is 0 Å². The molecule has 0 saturated carbocycles. The van der Waals surface area contributed by atoms with Crippen molar-refractivity contribution in [3.05, 3.63) is 41.2 Å². The summed E-state index contributed by atoms with van der Waals surface area (Å²) >= 11 is 1.19. The van der Waals surface area contributed by atoms with Crippen molar-refractivity contribution in [1.29, 1.82) is 0 Å². The summed E-state index contributed by atoms with van der Waals surface area (Å²) in [5, 5.41) is 11.5. The number of carbonyl (C=O) groups excluding carboxylic acids is 1. The van der Waals surface area contributed by atoms with Crippen LogP contribution in [0.15, 0.2) is 30.6 Å². The van der Waals surface area contributed by atoms with E-state index in [1.807, 2.05) is 0 Å². The van der Waals surface area contributed by atoms with Gasteiger partial charge in [-0.3, -0.25) is 10.1 Å². The van der Waals surface area contributed by atoms with Gasteiger partial charge in [-0.15, -0.1) is 0 Å². The number of carboxylic acids is 1. The molecule has 0 aliphatic rings. The monoisotopic (exact) mass is 263 g/mol. The van der Waals surface area contributed by atoms with Crippen molar-refractivity contribution in [3.63, 3.8) is 0 Å². The molecular formula is C11H9N3O3S. The first-order chi connectivity index (χ1) is 8.65. The maximum Gasteiger partial charge on any atom is 0.328 e. The first-order valence-electron chi connectivity index (χ1n) is 4.97. The number of carbonyl (C=O) groups is 2. The van der Waals surface area contributed by atoms with E-state index in [0.29, 0.717) is 15.7 Å². The molecule has 2 rings (SSSR count). The van der Waals surface area contributed by atoms with Gasteiger partial charge in [-0.2, -0.15) is 0 Å². The Hall–Kier alpha value is -2.41. The molecule has 0 spiro atoms.